The van der Waals surface area contributed by atoms with Crippen LogP contribution in [0.3, 0.4) is 0 Å². The van der Waals surface area contributed by atoms with E-state index in [1.54, 1.807) is 12.1 Å². The number of hydrogen-bond acceptors (Lipinski definition) is 3. The van der Waals surface area contributed by atoms with Gasteiger partial charge >= 0.3 is 0 Å². The Bertz CT molecular complexity index is 380. The Hall–Kier alpha value is -0.480. The van der Waals surface area contributed by atoms with Crippen LogP contribution in [0.4, 0.5) is 0 Å². The molecule has 100 valence electrons. The molecular weight excluding hydrogens is 271 g/mol. The molecule has 1 saturated heterocycles. The van der Waals surface area contributed by atoms with Crippen molar-refractivity contribution in [3.05, 3.63) is 28.2 Å². The zero-order valence-electron chi connectivity index (χ0n) is 10.2. The van der Waals surface area contributed by atoms with Crippen LogP contribution in [0.15, 0.2) is 18.2 Å². The Morgan fingerprint density at radius 1 is 1.33 bits per heavy atom. The maximum atomic E-state index is 6.04. The van der Waals surface area contributed by atoms with Gasteiger partial charge in [-0.25, -0.2) is 0 Å². The molecule has 0 aliphatic carbocycles. The van der Waals surface area contributed by atoms with Crippen molar-refractivity contribution >= 4 is 23.2 Å². The number of hydrogen-bond donors (Lipinski definition) is 1. The number of likely N-dealkylation sites (tertiary alicyclic amines) is 1. The highest BCUT2D eigenvalue weighted by atomic mass is 35.5. The normalized spacial score (nSPS) is 20.3. The summed E-state index contributed by atoms with van der Waals surface area (Å²) >= 11 is 12.1. The lowest BCUT2D eigenvalue weighted by molar-refractivity contribution is 0.199. The average molecular weight is 289 g/mol. The minimum absolute atomic E-state index is 0.496. The summed E-state index contributed by atoms with van der Waals surface area (Å²) < 4.78 is 5.68. The summed E-state index contributed by atoms with van der Waals surface area (Å²) in [6, 6.07) is 5.86. The number of ether oxygens (including phenoxy) is 1. The van der Waals surface area contributed by atoms with E-state index < -0.39 is 0 Å². The molecule has 1 aromatic rings. The van der Waals surface area contributed by atoms with Crippen molar-refractivity contribution in [2.75, 3.05) is 26.2 Å². The number of para-hydroxylation sites is 1. The molecule has 18 heavy (non-hydrogen) atoms. The van der Waals surface area contributed by atoms with Crippen LogP contribution in [-0.2, 0) is 0 Å². The van der Waals surface area contributed by atoms with E-state index >= 15 is 0 Å². The fraction of sp³-hybridized carbons (Fsp3) is 0.538. The zero-order valence-corrected chi connectivity index (χ0v) is 11.8. The van der Waals surface area contributed by atoms with Crippen LogP contribution in [0.1, 0.15) is 12.8 Å². The third-order valence-electron chi connectivity index (χ3n) is 3.31. The second kappa shape index (κ2) is 6.62. The van der Waals surface area contributed by atoms with Gasteiger partial charge in [-0.05, 0) is 31.5 Å². The molecule has 0 bridgehead atoms. The molecule has 0 amide bonds. The van der Waals surface area contributed by atoms with Crippen LogP contribution in [0.2, 0.25) is 10.0 Å². The number of halogens is 2. The molecular formula is C13H18Cl2N2O. The first-order valence-electron chi connectivity index (χ1n) is 6.23. The molecule has 2 N–H and O–H groups in total. The molecule has 0 saturated carbocycles. The largest absolute Gasteiger partial charge is 0.489 e. The van der Waals surface area contributed by atoms with Gasteiger partial charge in [-0.15, -0.1) is 0 Å². The molecule has 1 aromatic carbocycles. The smallest absolute Gasteiger partial charge is 0.156 e. The first-order valence-corrected chi connectivity index (χ1v) is 6.99. The molecule has 1 atom stereocenters. The SMILES string of the molecule is NCC1CCCN1CCOc1c(Cl)cccc1Cl. The molecule has 1 aliphatic rings. The highest BCUT2D eigenvalue weighted by Gasteiger charge is 2.22. The van der Waals surface area contributed by atoms with Gasteiger partial charge in [0.2, 0.25) is 0 Å². The third kappa shape index (κ3) is 3.29. The van der Waals surface area contributed by atoms with E-state index in [0.717, 1.165) is 13.1 Å². The minimum Gasteiger partial charge on any atom is -0.489 e. The summed E-state index contributed by atoms with van der Waals surface area (Å²) in [7, 11) is 0. The van der Waals surface area contributed by atoms with Gasteiger partial charge in [-0.3, -0.25) is 4.90 Å². The summed E-state index contributed by atoms with van der Waals surface area (Å²) in [5.74, 6) is 0.573. The molecule has 3 nitrogen and oxygen atoms in total. The quantitative estimate of drug-likeness (QED) is 0.906. The first-order chi connectivity index (χ1) is 8.72. The summed E-state index contributed by atoms with van der Waals surface area (Å²) in [6.07, 6.45) is 2.40. The fourth-order valence-corrected chi connectivity index (χ4v) is 2.85. The van der Waals surface area contributed by atoms with Gasteiger partial charge in [0.15, 0.2) is 5.75 Å². The van der Waals surface area contributed by atoms with Gasteiger partial charge in [-0.2, -0.15) is 0 Å². The van der Waals surface area contributed by atoms with E-state index in [0.29, 0.717) is 35.0 Å². The Morgan fingerprint density at radius 2 is 2.06 bits per heavy atom. The van der Waals surface area contributed by atoms with Crippen molar-refractivity contribution in [2.45, 2.75) is 18.9 Å². The molecule has 1 fully saturated rings. The van der Waals surface area contributed by atoms with Crippen LogP contribution in [0.5, 0.6) is 5.75 Å². The minimum atomic E-state index is 0.496. The summed E-state index contributed by atoms with van der Waals surface area (Å²) in [5.41, 5.74) is 5.73. The first kappa shape index (κ1) is 13.9. The Labute approximate surface area is 118 Å². The molecule has 2 rings (SSSR count). The van der Waals surface area contributed by atoms with E-state index in [1.807, 2.05) is 6.07 Å². The molecule has 5 heteroatoms. The molecule has 0 aromatic heterocycles. The van der Waals surface area contributed by atoms with E-state index in [4.69, 9.17) is 33.7 Å². The highest BCUT2D eigenvalue weighted by Crippen LogP contribution is 2.32. The van der Waals surface area contributed by atoms with E-state index in [-0.39, 0.29) is 0 Å². The molecule has 1 heterocycles. The van der Waals surface area contributed by atoms with Crippen LogP contribution < -0.4 is 10.5 Å². The van der Waals surface area contributed by atoms with Crippen LogP contribution in [-0.4, -0.2) is 37.2 Å². The predicted molar refractivity (Wildman–Crippen MR) is 75.6 cm³/mol. The lowest BCUT2D eigenvalue weighted by atomic mass is 10.2. The molecule has 0 spiro atoms. The predicted octanol–water partition coefficient (Wildman–Crippen LogP) is 2.80. The van der Waals surface area contributed by atoms with Crippen LogP contribution in [0.25, 0.3) is 0 Å². The van der Waals surface area contributed by atoms with E-state index in [2.05, 4.69) is 4.90 Å². The summed E-state index contributed by atoms with van der Waals surface area (Å²) in [6.45, 7) is 3.26. The standard InChI is InChI=1S/C13H18Cl2N2O/c14-11-4-1-5-12(15)13(11)18-8-7-17-6-2-3-10(17)9-16/h1,4-5,10H,2-3,6-9,16H2. The van der Waals surface area contributed by atoms with Gasteiger partial charge in [0.25, 0.3) is 0 Å². The van der Waals surface area contributed by atoms with Crippen molar-refractivity contribution < 1.29 is 4.74 Å². The summed E-state index contributed by atoms with van der Waals surface area (Å²) in [4.78, 5) is 2.37. The third-order valence-corrected chi connectivity index (χ3v) is 3.91. The van der Waals surface area contributed by atoms with Crippen LogP contribution >= 0.6 is 23.2 Å². The topological polar surface area (TPSA) is 38.5 Å². The van der Waals surface area contributed by atoms with Crippen molar-refractivity contribution in [1.29, 1.82) is 0 Å². The number of rotatable bonds is 5. The molecule has 1 unspecified atom stereocenters. The van der Waals surface area contributed by atoms with E-state index in [1.165, 1.54) is 12.8 Å². The lowest BCUT2D eigenvalue weighted by Gasteiger charge is -2.23. The summed E-state index contributed by atoms with van der Waals surface area (Å²) in [5, 5.41) is 1.11. The molecule has 0 radical (unpaired) electrons. The van der Waals surface area contributed by atoms with Gasteiger partial charge in [-0.1, -0.05) is 29.3 Å². The van der Waals surface area contributed by atoms with Crippen molar-refractivity contribution in [2.24, 2.45) is 5.73 Å². The maximum Gasteiger partial charge on any atom is 0.156 e. The van der Waals surface area contributed by atoms with Gasteiger partial charge in [0, 0.05) is 19.1 Å². The van der Waals surface area contributed by atoms with E-state index in [9.17, 15) is 0 Å². The second-order valence-electron chi connectivity index (χ2n) is 4.47. The van der Waals surface area contributed by atoms with Crippen molar-refractivity contribution in [1.82, 2.24) is 4.90 Å². The van der Waals surface area contributed by atoms with Crippen LogP contribution in [0, 0.1) is 0 Å². The van der Waals surface area contributed by atoms with Gasteiger partial charge in [0.1, 0.15) is 6.61 Å². The monoisotopic (exact) mass is 288 g/mol. The van der Waals surface area contributed by atoms with Crippen molar-refractivity contribution in [3.8, 4) is 5.75 Å². The second-order valence-corrected chi connectivity index (χ2v) is 5.28. The average Bonchev–Trinajstić information content (AvgIpc) is 2.80. The Morgan fingerprint density at radius 3 is 2.72 bits per heavy atom. The number of benzene rings is 1. The van der Waals surface area contributed by atoms with Gasteiger partial charge in [0.05, 0.1) is 10.0 Å². The van der Waals surface area contributed by atoms with Gasteiger partial charge < -0.3 is 10.5 Å². The fourth-order valence-electron chi connectivity index (χ4n) is 2.34. The molecule has 1 aliphatic heterocycles. The van der Waals surface area contributed by atoms with Crippen molar-refractivity contribution in [3.63, 3.8) is 0 Å². The maximum absolute atomic E-state index is 6.04. The number of nitrogens with two attached hydrogens (primary N) is 1. The Kier molecular flexibility index (Phi) is 5.13. The lowest BCUT2D eigenvalue weighted by Crippen LogP contribution is -2.37. The zero-order chi connectivity index (χ0) is 13.0. The number of nitrogens with zero attached hydrogens (tertiary/aromatic N) is 1. The Balaban J connectivity index is 1.85. The highest BCUT2D eigenvalue weighted by molar-refractivity contribution is 6.37.